The van der Waals surface area contributed by atoms with Crippen LogP contribution >= 0.6 is 11.6 Å². The van der Waals surface area contributed by atoms with Gasteiger partial charge < -0.3 is 14.7 Å². The van der Waals surface area contributed by atoms with Gasteiger partial charge in [-0.05, 0) is 59.7 Å². The SMILES string of the molecule is N#Cc1ccc(CN2CCN(c3ccc(OCCO)cc3)[C@H](c3ccc(Cl)cc3)C2)cc1. The molecular weight excluding hydrogens is 422 g/mol. The molecule has 4 rings (SSSR count). The maximum atomic E-state index is 9.03. The van der Waals surface area contributed by atoms with Gasteiger partial charge in [-0.25, -0.2) is 0 Å². The smallest absolute Gasteiger partial charge is 0.119 e. The van der Waals surface area contributed by atoms with E-state index in [0.717, 1.165) is 42.6 Å². The first-order chi connectivity index (χ1) is 15.7. The van der Waals surface area contributed by atoms with Crippen LogP contribution in [0.4, 0.5) is 5.69 Å². The molecule has 1 heterocycles. The molecule has 164 valence electrons. The van der Waals surface area contributed by atoms with Gasteiger partial charge in [-0.15, -0.1) is 0 Å². The molecule has 1 aliphatic rings. The molecule has 1 atom stereocenters. The van der Waals surface area contributed by atoms with E-state index < -0.39 is 0 Å². The van der Waals surface area contributed by atoms with Gasteiger partial charge >= 0.3 is 0 Å². The van der Waals surface area contributed by atoms with Gasteiger partial charge in [0.25, 0.3) is 0 Å². The maximum absolute atomic E-state index is 9.03. The fraction of sp³-hybridized carbons (Fsp3) is 0.269. The molecule has 0 radical (unpaired) electrons. The van der Waals surface area contributed by atoms with E-state index in [0.29, 0.717) is 12.2 Å². The third-order valence-corrected chi connectivity index (χ3v) is 5.99. The first kappa shape index (κ1) is 22.2. The summed E-state index contributed by atoms with van der Waals surface area (Å²) in [6, 6.07) is 26.3. The molecular formula is C26H26ClN3O2. The van der Waals surface area contributed by atoms with Crippen molar-refractivity contribution in [1.82, 2.24) is 4.90 Å². The molecule has 0 bridgehead atoms. The number of rotatable bonds is 7. The highest BCUT2D eigenvalue weighted by Crippen LogP contribution is 2.33. The molecule has 3 aromatic rings. The average molecular weight is 448 g/mol. The van der Waals surface area contributed by atoms with Gasteiger partial charge in [0.15, 0.2) is 0 Å². The molecule has 6 heteroatoms. The van der Waals surface area contributed by atoms with Gasteiger partial charge in [0, 0.05) is 36.9 Å². The third-order valence-electron chi connectivity index (χ3n) is 5.74. The van der Waals surface area contributed by atoms with Crippen molar-refractivity contribution in [3.05, 3.63) is 94.5 Å². The Balaban J connectivity index is 1.54. The molecule has 0 amide bonds. The second-order valence-electron chi connectivity index (χ2n) is 7.87. The lowest BCUT2D eigenvalue weighted by atomic mass is 10.0. The largest absolute Gasteiger partial charge is 0.491 e. The van der Waals surface area contributed by atoms with Gasteiger partial charge in [-0.3, -0.25) is 4.90 Å². The third kappa shape index (κ3) is 5.41. The lowest BCUT2D eigenvalue weighted by molar-refractivity contribution is 0.201. The van der Waals surface area contributed by atoms with Crippen molar-refractivity contribution in [2.45, 2.75) is 12.6 Å². The van der Waals surface area contributed by atoms with Crippen LogP contribution in [0.2, 0.25) is 5.02 Å². The Kier molecular flexibility index (Phi) is 7.28. The number of nitrogens with zero attached hydrogens (tertiary/aromatic N) is 3. The molecule has 1 aliphatic heterocycles. The summed E-state index contributed by atoms with van der Waals surface area (Å²) in [4.78, 5) is 4.88. The van der Waals surface area contributed by atoms with Crippen molar-refractivity contribution in [3.63, 3.8) is 0 Å². The summed E-state index contributed by atoms with van der Waals surface area (Å²) in [7, 11) is 0. The van der Waals surface area contributed by atoms with Gasteiger partial charge in [0.05, 0.1) is 24.3 Å². The number of aliphatic hydroxyl groups is 1. The zero-order chi connectivity index (χ0) is 22.3. The standard InChI is InChI=1S/C26H26ClN3O2/c27-23-7-5-22(6-8-23)26-19-29(18-21-3-1-20(17-28)2-4-21)13-14-30(26)24-9-11-25(12-10-24)32-16-15-31/h1-12,26,31H,13-16,18-19H2/t26-/m0/s1. The quantitative estimate of drug-likeness (QED) is 0.571. The fourth-order valence-corrected chi connectivity index (χ4v) is 4.23. The molecule has 3 aromatic carbocycles. The highest BCUT2D eigenvalue weighted by Gasteiger charge is 2.28. The summed E-state index contributed by atoms with van der Waals surface area (Å²) >= 11 is 6.15. The summed E-state index contributed by atoms with van der Waals surface area (Å²) in [6.07, 6.45) is 0. The minimum Gasteiger partial charge on any atom is -0.491 e. The van der Waals surface area contributed by atoms with E-state index in [9.17, 15) is 0 Å². The number of aliphatic hydroxyl groups excluding tert-OH is 1. The predicted octanol–water partition coefficient (Wildman–Crippen LogP) is 4.65. The van der Waals surface area contributed by atoms with E-state index in [1.165, 1.54) is 11.1 Å². The molecule has 1 saturated heterocycles. The zero-order valence-corrected chi connectivity index (χ0v) is 18.6. The van der Waals surface area contributed by atoms with Crippen LogP contribution in [0.15, 0.2) is 72.8 Å². The number of ether oxygens (including phenoxy) is 1. The Morgan fingerprint density at radius 1 is 0.969 bits per heavy atom. The highest BCUT2D eigenvalue weighted by atomic mass is 35.5. The van der Waals surface area contributed by atoms with Gasteiger partial charge in [0.1, 0.15) is 12.4 Å². The molecule has 5 nitrogen and oxygen atoms in total. The topological polar surface area (TPSA) is 59.7 Å². The van der Waals surface area contributed by atoms with Crippen LogP contribution in [0.3, 0.4) is 0 Å². The van der Waals surface area contributed by atoms with Crippen LogP contribution in [-0.2, 0) is 6.54 Å². The zero-order valence-electron chi connectivity index (χ0n) is 17.8. The molecule has 1 fully saturated rings. The van der Waals surface area contributed by atoms with Crippen molar-refractivity contribution in [2.24, 2.45) is 0 Å². The summed E-state index contributed by atoms with van der Waals surface area (Å²) in [6.45, 7) is 3.84. The lowest BCUT2D eigenvalue weighted by Gasteiger charge is -2.43. The van der Waals surface area contributed by atoms with Crippen LogP contribution in [0.25, 0.3) is 0 Å². The highest BCUT2D eigenvalue weighted by molar-refractivity contribution is 6.30. The Hall–Kier alpha value is -3.04. The first-order valence-electron chi connectivity index (χ1n) is 10.7. The molecule has 32 heavy (non-hydrogen) atoms. The van der Waals surface area contributed by atoms with Crippen LogP contribution in [-0.4, -0.2) is 42.9 Å². The summed E-state index contributed by atoms with van der Waals surface area (Å²) in [5, 5.41) is 18.7. The van der Waals surface area contributed by atoms with E-state index in [4.69, 9.17) is 26.7 Å². The van der Waals surface area contributed by atoms with Crippen LogP contribution < -0.4 is 9.64 Å². The van der Waals surface area contributed by atoms with Gasteiger partial charge in [-0.1, -0.05) is 35.9 Å². The molecule has 0 spiro atoms. The molecule has 1 N–H and O–H groups in total. The number of piperazine rings is 1. The van der Waals surface area contributed by atoms with E-state index in [1.54, 1.807) is 0 Å². The van der Waals surface area contributed by atoms with Crippen LogP contribution in [0.5, 0.6) is 5.75 Å². The number of anilines is 1. The first-order valence-corrected chi connectivity index (χ1v) is 11.1. The van der Waals surface area contributed by atoms with E-state index in [-0.39, 0.29) is 12.6 Å². The van der Waals surface area contributed by atoms with E-state index >= 15 is 0 Å². The maximum Gasteiger partial charge on any atom is 0.119 e. The van der Waals surface area contributed by atoms with Gasteiger partial charge in [-0.2, -0.15) is 5.26 Å². The fourth-order valence-electron chi connectivity index (χ4n) is 4.10. The van der Waals surface area contributed by atoms with Crippen molar-refractivity contribution in [3.8, 4) is 11.8 Å². The Bertz CT molecular complexity index is 1050. The summed E-state index contributed by atoms with van der Waals surface area (Å²) in [5.41, 5.74) is 4.25. The Labute approximate surface area is 194 Å². The summed E-state index contributed by atoms with van der Waals surface area (Å²) in [5.74, 6) is 0.755. The second kappa shape index (κ2) is 10.5. The number of hydrogen-bond acceptors (Lipinski definition) is 5. The lowest BCUT2D eigenvalue weighted by Crippen LogP contribution is -2.48. The molecule has 0 unspecified atom stereocenters. The van der Waals surface area contributed by atoms with Crippen molar-refractivity contribution >= 4 is 17.3 Å². The van der Waals surface area contributed by atoms with E-state index in [1.807, 2.05) is 48.5 Å². The van der Waals surface area contributed by atoms with Gasteiger partial charge in [0.2, 0.25) is 0 Å². The predicted molar refractivity (Wildman–Crippen MR) is 127 cm³/mol. The normalized spacial score (nSPS) is 16.5. The number of benzene rings is 3. The molecule has 0 saturated carbocycles. The van der Waals surface area contributed by atoms with E-state index in [2.05, 4.69) is 40.1 Å². The monoisotopic (exact) mass is 447 g/mol. The molecule has 0 aromatic heterocycles. The van der Waals surface area contributed by atoms with Crippen molar-refractivity contribution in [1.29, 1.82) is 5.26 Å². The van der Waals surface area contributed by atoms with Crippen molar-refractivity contribution < 1.29 is 9.84 Å². The Morgan fingerprint density at radius 2 is 1.69 bits per heavy atom. The average Bonchev–Trinajstić information content (AvgIpc) is 2.84. The van der Waals surface area contributed by atoms with Crippen LogP contribution in [0.1, 0.15) is 22.7 Å². The van der Waals surface area contributed by atoms with Crippen LogP contribution in [0, 0.1) is 11.3 Å². The number of nitriles is 1. The van der Waals surface area contributed by atoms with Crippen molar-refractivity contribution in [2.75, 3.05) is 37.7 Å². The number of halogens is 1. The Morgan fingerprint density at radius 3 is 2.34 bits per heavy atom. The molecule has 0 aliphatic carbocycles. The number of hydrogen-bond donors (Lipinski definition) is 1. The second-order valence-corrected chi connectivity index (χ2v) is 8.31. The summed E-state index contributed by atoms with van der Waals surface area (Å²) < 4.78 is 5.51. The minimum atomic E-state index is 0.00158. The minimum absolute atomic E-state index is 0.00158.